The Morgan fingerprint density at radius 1 is 1.23 bits per heavy atom. The third-order valence-corrected chi connectivity index (χ3v) is 8.18. The lowest BCUT2D eigenvalue weighted by Gasteiger charge is -2.18. The first kappa shape index (κ1) is 25.6. The molecule has 0 spiro atoms. The SMILES string of the molecule is Cc1ccc2onc(Cn3c(=O)ccn([C@@H]4O[C@H](COP(C)(=O)O[P+](C)=O)[C@H](O)C4O)c3=O)c2c1. The summed E-state index contributed by atoms with van der Waals surface area (Å²) in [4.78, 5) is 25.7. The van der Waals surface area contributed by atoms with Crippen LogP contribution >= 0.6 is 15.6 Å². The fraction of sp³-hybridized carbons (Fsp3) is 0.450. The van der Waals surface area contributed by atoms with E-state index in [-0.39, 0.29) is 6.54 Å². The van der Waals surface area contributed by atoms with Gasteiger partial charge in [0.1, 0.15) is 24.0 Å². The molecule has 0 radical (unpaired) electrons. The molecule has 13 nitrogen and oxygen atoms in total. The third-order valence-electron chi connectivity index (χ3n) is 5.45. The summed E-state index contributed by atoms with van der Waals surface area (Å²) in [6.45, 7) is 3.53. The summed E-state index contributed by atoms with van der Waals surface area (Å²) < 4.78 is 46.0. The highest BCUT2D eigenvalue weighted by molar-refractivity contribution is 7.61. The molecule has 4 rings (SSSR count). The van der Waals surface area contributed by atoms with Crippen molar-refractivity contribution in [3.63, 3.8) is 0 Å². The highest BCUT2D eigenvalue weighted by atomic mass is 31.2. The average Bonchev–Trinajstić information content (AvgIpc) is 3.29. The van der Waals surface area contributed by atoms with E-state index < -0.39 is 58.0 Å². The minimum absolute atomic E-state index is 0.196. The van der Waals surface area contributed by atoms with E-state index in [0.29, 0.717) is 16.7 Å². The van der Waals surface area contributed by atoms with Crippen molar-refractivity contribution < 1.29 is 37.4 Å². The van der Waals surface area contributed by atoms with Gasteiger partial charge in [-0.1, -0.05) is 21.1 Å². The number of aliphatic hydroxyl groups excluding tert-OH is 2. The van der Waals surface area contributed by atoms with Gasteiger partial charge in [-0.2, -0.15) is 0 Å². The Labute approximate surface area is 199 Å². The van der Waals surface area contributed by atoms with E-state index >= 15 is 0 Å². The lowest BCUT2D eigenvalue weighted by molar-refractivity contribution is -0.0527. The van der Waals surface area contributed by atoms with Gasteiger partial charge in [0.15, 0.2) is 18.5 Å². The Kier molecular flexibility index (Phi) is 7.21. The maximum absolute atomic E-state index is 13.2. The molecule has 188 valence electrons. The van der Waals surface area contributed by atoms with Gasteiger partial charge in [-0.25, -0.2) is 4.79 Å². The Morgan fingerprint density at radius 2 is 1.97 bits per heavy atom. The highest BCUT2D eigenvalue weighted by Crippen LogP contribution is 2.51. The van der Waals surface area contributed by atoms with E-state index in [2.05, 4.69) is 5.16 Å². The van der Waals surface area contributed by atoms with E-state index in [4.69, 9.17) is 18.1 Å². The molecule has 0 saturated carbocycles. The van der Waals surface area contributed by atoms with Crippen LogP contribution in [0.1, 0.15) is 17.5 Å². The van der Waals surface area contributed by atoms with Crippen LogP contribution in [0.2, 0.25) is 0 Å². The van der Waals surface area contributed by atoms with E-state index in [9.17, 15) is 28.9 Å². The number of hydrogen-bond acceptors (Lipinski definition) is 11. The molecule has 35 heavy (non-hydrogen) atoms. The molecule has 1 saturated heterocycles. The molecule has 0 bridgehead atoms. The molecule has 2 aromatic heterocycles. The van der Waals surface area contributed by atoms with Crippen LogP contribution in [0, 0.1) is 6.92 Å². The second kappa shape index (κ2) is 9.87. The summed E-state index contributed by atoms with van der Waals surface area (Å²) in [6.07, 6.45) is -4.48. The van der Waals surface area contributed by atoms with Crippen molar-refractivity contribution in [2.75, 3.05) is 19.9 Å². The normalized spacial score (nSPS) is 24.5. The number of aliphatic hydroxyl groups is 2. The van der Waals surface area contributed by atoms with E-state index in [1.165, 1.54) is 6.66 Å². The van der Waals surface area contributed by atoms with Crippen LogP contribution in [0.4, 0.5) is 0 Å². The number of benzene rings is 1. The zero-order valence-corrected chi connectivity index (χ0v) is 20.8. The van der Waals surface area contributed by atoms with Gasteiger partial charge in [0.2, 0.25) is 0 Å². The maximum Gasteiger partial charge on any atom is 0.513 e. The summed E-state index contributed by atoms with van der Waals surface area (Å²) in [5, 5.41) is 25.5. The molecular formula is C20H24N3O10P2+. The summed E-state index contributed by atoms with van der Waals surface area (Å²) in [5.41, 5.74) is 0.387. The van der Waals surface area contributed by atoms with Crippen molar-refractivity contribution >= 4 is 26.6 Å². The molecular weight excluding hydrogens is 504 g/mol. The van der Waals surface area contributed by atoms with Gasteiger partial charge in [-0.15, -0.1) is 0 Å². The fourth-order valence-electron chi connectivity index (χ4n) is 3.77. The second-order valence-corrected chi connectivity index (χ2v) is 11.5. The van der Waals surface area contributed by atoms with E-state index in [1.54, 1.807) is 6.07 Å². The largest absolute Gasteiger partial charge is 0.513 e. The molecule has 1 aliphatic heterocycles. The van der Waals surface area contributed by atoms with Crippen LogP contribution in [0.3, 0.4) is 0 Å². The first-order valence-electron chi connectivity index (χ1n) is 10.5. The van der Waals surface area contributed by atoms with Gasteiger partial charge in [0.25, 0.3) is 5.56 Å². The molecule has 3 aromatic rings. The van der Waals surface area contributed by atoms with Crippen LogP contribution in [0.15, 0.2) is 44.6 Å². The number of rotatable bonds is 8. The molecule has 3 unspecified atom stereocenters. The van der Waals surface area contributed by atoms with Crippen LogP contribution in [0.5, 0.6) is 0 Å². The highest BCUT2D eigenvalue weighted by Gasteiger charge is 2.45. The molecule has 6 atom stereocenters. The molecule has 1 aliphatic rings. The topological polar surface area (TPSA) is 172 Å². The molecule has 0 amide bonds. The van der Waals surface area contributed by atoms with Crippen LogP contribution < -0.4 is 11.2 Å². The van der Waals surface area contributed by atoms with E-state index in [1.807, 2.05) is 19.1 Å². The van der Waals surface area contributed by atoms with Gasteiger partial charge >= 0.3 is 21.3 Å². The standard InChI is InChI=1S/C20H24N3O10P2/c1-11-4-5-14-12(8-11)13(21-32-14)9-23-16(24)6-7-22(20(23)27)19-18(26)17(25)15(31-19)10-30-35(3,29)33-34(2)28/h4-8,15,17-19,25-26H,9-10H2,1-3H3/q+1/t15-,17+,18?,19-,35?/m1/s1. The summed E-state index contributed by atoms with van der Waals surface area (Å²) in [7, 11) is -5.91. The van der Waals surface area contributed by atoms with Crippen molar-refractivity contribution in [3.8, 4) is 0 Å². The van der Waals surface area contributed by atoms with Gasteiger partial charge in [-0.05, 0) is 23.6 Å². The van der Waals surface area contributed by atoms with Crippen molar-refractivity contribution in [1.82, 2.24) is 14.3 Å². The van der Waals surface area contributed by atoms with Crippen LogP contribution in [0.25, 0.3) is 11.0 Å². The molecule has 1 aromatic carbocycles. The number of fused-ring (bicyclic) bond motifs is 1. The fourth-order valence-corrected chi connectivity index (χ4v) is 6.05. The average molecular weight is 528 g/mol. The Morgan fingerprint density at radius 3 is 2.69 bits per heavy atom. The van der Waals surface area contributed by atoms with Gasteiger partial charge < -0.3 is 24.0 Å². The zero-order valence-electron chi connectivity index (χ0n) is 19.0. The van der Waals surface area contributed by atoms with Crippen molar-refractivity contribution in [2.45, 2.75) is 38.0 Å². The number of ether oxygens (including phenoxy) is 1. The van der Waals surface area contributed by atoms with Gasteiger partial charge in [-0.3, -0.25) is 18.5 Å². The van der Waals surface area contributed by atoms with Crippen molar-refractivity contribution in [3.05, 3.63) is 62.6 Å². The monoisotopic (exact) mass is 528 g/mol. The van der Waals surface area contributed by atoms with E-state index in [0.717, 1.165) is 33.6 Å². The predicted molar refractivity (Wildman–Crippen MR) is 123 cm³/mol. The third kappa shape index (κ3) is 5.36. The number of aromatic nitrogens is 3. The molecule has 2 N–H and O–H groups in total. The molecule has 0 aliphatic carbocycles. The first-order valence-corrected chi connectivity index (χ1v) is 14.1. The Bertz CT molecular complexity index is 1430. The quantitative estimate of drug-likeness (QED) is 0.404. The van der Waals surface area contributed by atoms with Gasteiger partial charge in [0, 0.05) is 24.3 Å². The molecule has 3 heterocycles. The maximum atomic E-state index is 13.2. The number of aryl methyl sites for hydroxylation is 1. The molecule has 1 fully saturated rings. The summed E-state index contributed by atoms with van der Waals surface area (Å²) >= 11 is 0. The number of nitrogens with zero attached hydrogens (tertiary/aromatic N) is 3. The Balaban J connectivity index is 1.58. The van der Waals surface area contributed by atoms with Crippen molar-refractivity contribution in [2.24, 2.45) is 0 Å². The second-order valence-electron chi connectivity index (χ2n) is 8.19. The lowest BCUT2D eigenvalue weighted by Crippen LogP contribution is -2.43. The Hall–Kier alpha value is -2.50. The first-order chi connectivity index (χ1) is 16.5. The van der Waals surface area contributed by atoms with Gasteiger partial charge in [0.05, 0.1) is 13.2 Å². The molecule has 15 heteroatoms. The minimum Gasteiger partial charge on any atom is -0.387 e. The zero-order chi connectivity index (χ0) is 25.5. The van der Waals surface area contributed by atoms with Crippen LogP contribution in [-0.2, 0) is 29.2 Å². The minimum atomic E-state index is -3.71. The van der Waals surface area contributed by atoms with Crippen molar-refractivity contribution in [1.29, 1.82) is 0 Å². The predicted octanol–water partition coefficient (Wildman–Crippen LogP) is 1.36. The summed E-state index contributed by atoms with van der Waals surface area (Å²) in [5.74, 6) is 0. The number of hydrogen-bond donors (Lipinski definition) is 2. The summed E-state index contributed by atoms with van der Waals surface area (Å²) in [6, 6.07) is 6.52. The van der Waals surface area contributed by atoms with Crippen LogP contribution in [-0.4, -0.2) is 62.8 Å². The smallest absolute Gasteiger partial charge is 0.387 e. The lowest BCUT2D eigenvalue weighted by atomic mass is 10.1.